The first-order valence-electron chi connectivity index (χ1n) is 2.08. The van der Waals surface area contributed by atoms with Gasteiger partial charge in [0.25, 0.3) is 0 Å². The van der Waals surface area contributed by atoms with Crippen LogP contribution in [0.15, 0.2) is 19.0 Å². The lowest BCUT2D eigenvalue weighted by Gasteiger charge is -1.44. The van der Waals surface area contributed by atoms with E-state index in [4.69, 9.17) is 5.26 Å². The zero-order valence-electron chi connectivity index (χ0n) is 4.65. The number of aromatic nitrogens is 4. The Morgan fingerprint density at radius 3 is 2.56 bits per heavy atom. The molecule has 1 rings (SSSR count). The molecule has 46 valence electrons. The van der Waals surface area contributed by atoms with E-state index in [-0.39, 0.29) is 0 Å². The summed E-state index contributed by atoms with van der Waals surface area (Å²) in [6.45, 7) is 3.12. The summed E-state index contributed by atoms with van der Waals surface area (Å²) in [5.74, 6) is 0. The highest BCUT2D eigenvalue weighted by Gasteiger charge is 1.58. The molecule has 0 amide bonds. The van der Waals surface area contributed by atoms with Gasteiger partial charge in [0.05, 0.1) is 6.07 Å². The lowest BCUT2D eigenvalue weighted by molar-refractivity contribution is 0.881. The van der Waals surface area contributed by atoms with Crippen molar-refractivity contribution in [3.63, 3.8) is 0 Å². The van der Waals surface area contributed by atoms with Gasteiger partial charge < -0.3 is 0 Å². The van der Waals surface area contributed by atoms with Crippen LogP contribution >= 0.6 is 0 Å². The number of nitrogens with zero attached hydrogens (tertiary/aromatic N) is 4. The van der Waals surface area contributed by atoms with Crippen molar-refractivity contribution in [2.75, 3.05) is 0 Å². The molecule has 0 bridgehead atoms. The molecule has 5 nitrogen and oxygen atoms in total. The van der Waals surface area contributed by atoms with E-state index < -0.39 is 0 Å². The van der Waals surface area contributed by atoms with Crippen molar-refractivity contribution in [3.8, 4) is 6.07 Å². The Morgan fingerprint density at radius 2 is 2.44 bits per heavy atom. The molecule has 0 spiro atoms. The predicted octanol–water partition coefficient (Wildman–Crippen LogP) is -0.104. The molecule has 1 N–H and O–H groups in total. The van der Waals surface area contributed by atoms with Crippen LogP contribution in [-0.4, -0.2) is 20.6 Å². The van der Waals surface area contributed by atoms with Gasteiger partial charge in [-0.2, -0.15) is 10.5 Å². The molecule has 0 aliphatic heterocycles. The first-order chi connectivity index (χ1) is 4.41. The first-order valence-corrected chi connectivity index (χ1v) is 2.08. The van der Waals surface area contributed by atoms with Crippen molar-refractivity contribution in [3.05, 3.63) is 19.0 Å². The highest BCUT2D eigenvalue weighted by molar-refractivity contribution is 4.93. The molecule has 0 radical (unpaired) electrons. The standard InChI is InChI=1S/C3H3N.CH2N4/c1-2-3-4;1-2-4-5-3-1/h2H,1H2;1H,(H,2,3,4,5). The largest absolute Gasteiger partial charge is 0.193 e. The topological polar surface area (TPSA) is 78.2 Å². The lowest BCUT2D eigenvalue weighted by Crippen LogP contribution is -1.64. The maximum atomic E-state index is 7.51. The van der Waals surface area contributed by atoms with Gasteiger partial charge >= 0.3 is 0 Å². The van der Waals surface area contributed by atoms with Gasteiger partial charge in [0.2, 0.25) is 0 Å². The van der Waals surface area contributed by atoms with E-state index >= 15 is 0 Å². The van der Waals surface area contributed by atoms with Crippen LogP contribution in [0.1, 0.15) is 0 Å². The van der Waals surface area contributed by atoms with Gasteiger partial charge in [0.1, 0.15) is 0 Å². The molecule has 1 aromatic heterocycles. The minimum Gasteiger partial charge on any atom is -0.193 e. The predicted molar refractivity (Wildman–Crippen MR) is 30.0 cm³/mol. The lowest BCUT2D eigenvalue weighted by atomic mass is 10.8. The third-order valence-corrected chi connectivity index (χ3v) is 0.361. The summed E-state index contributed by atoms with van der Waals surface area (Å²) in [7, 11) is 0. The quantitative estimate of drug-likeness (QED) is 0.488. The van der Waals surface area contributed by atoms with Crippen molar-refractivity contribution >= 4 is 0 Å². The fraction of sp³-hybridized carbons (Fsp3) is 0. The van der Waals surface area contributed by atoms with Crippen LogP contribution in [0, 0.1) is 11.3 Å². The molecule has 0 unspecified atom stereocenters. The Morgan fingerprint density at radius 1 is 1.78 bits per heavy atom. The first kappa shape index (κ1) is 7.30. The number of H-pyrrole nitrogens is 1. The second-order valence-electron chi connectivity index (χ2n) is 0.893. The summed E-state index contributed by atoms with van der Waals surface area (Å²) >= 11 is 0. The van der Waals surface area contributed by atoms with Crippen LogP contribution < -0.4 is 0 Å². The highest BCUT2D eigenvalue weighted by atomic mass is 15.5. The molecular weight excluding hydrogens is 118 g/mol. The molecule has 0 saturated heterocycles. The van der Waals surface area contributed by atoms with E-state index in [2.05, 4.69) is 27.2 Å². The van der Waals surface area contributed by atoms with Crippen molar-refractivity contribution in [2.24, 2.45) is 0 Å². The summed E-state index contributed by atoms with van der Waals surface area (Å²) < 4.78 is 0. The van der Waals surface area contributed by atoms with Gasteiger partial charge in [-0.1, -0.05) is 11.8 Å². The Hall–Kier alpha value is -1.70. The minimum atomic E-state index is 1.18. The minimum absolute atomic E-state index is 1.18. The van der Waals surface area contributed by atoms with E-state index in [1.54, 1.807) is 6.07 Å². The van der Waals surface area contributed by atoms with Crippen LogP contribution in [-0.2, 0) is 0 Å². The average molecular weight is 123 g/mol. The normalized spacial score (nSPS) is 6.11. The van der Waals surface area contributed by atoms with Crippen LogP contribution in [0.25, 0.3) is 0 Å². The molecule has 1 heterocycles. The second-order valence-corrected chi connectivity index (χ2v) is 0.893. The fourth-order valence-electron chi connectivity index (χ4n) is 0.129. The maximum absolute atomic E-state index is 7.51. The molecule has 1 aromatic rings. The van der Waals surface area contributed by atoms with Gasteiger partial charge in [0.15, 0.2) is 6.33 Å². The number of hydrogen-bond donors (Lipinski definition) is 1. The molecule has 0 aliphatic rings. The van der Waals surface area contributed by atoms with Gasteiger partial charge in [0, 0.05) is 6.08 Å². The van der Waals surface area contributed by atoms with Crippen molar-refractivity contribution in [1.29, 1.82) is 5.26 Å². The van der Waals surface area contributed by atoms with Crippen molar-refractivity contribution in [2.45, 2.75) is 0 Å². The van der Waals surface area contributed by atoms with Gasteiger partial charge in [-0.05, 0) is 0 Å². The van der Waals surface area contributed by atoms with E-state index in [0.717, 1.165) is 0 Å². The molecule has 9 heavy (non-hydrogen) atoms. The number of allylic oxidation sites excluding steroid dienone is 1. The number of aromatic amines is 1. The molecule has 0 aliphatic carbocycles. The van der Waals surface area contributed by atoms with Crippen molar-refractivity contribution in [1.82, 2.24) is 20.6 Å². The highest BCUT2D eigenvalue weighted by Crippen LogP contribution is 1.43. The molecule has 0 saturated carbocycles. The molecule has 5 heteroatoms. The zero-order chi connectivity index (χ0) is 6.95. The number of rotatable bonds is 0. The number of nitrogens with one attached hydrogen (secondary N) is 1. The number of hydrogen-bond acceptors (Lipinski definition) is 4. The monoisotopic (exact) mass is 123 g/mol. The Kier molecular flexibility index (Phi) is 5.11. The smallest absolute Gasteiger partial charge is 0.161 e. The van der Waals surface area contributed by atoms with Crippen LogP contribution in [0.5, 0.6) is 0 Å². The van der Waals surface area contributed by atoms with Crippen LogP contribution in [0.4, 0.5) is 0 Å². The van der Waals surface area contributed by atoms with E-state index in [1.165, 1.54) is 12.4 Å². The summed E-state index contributed by atoms with van der Waals surface area (Å²) in [6.07, 6.45) is 2.51. The third-order valence-electron chi connectivity index (χ3n) is 0.361. The van der Waals surface area contributed by atoms with E-state index in [1.807, 2.05) is 0 Å². The zero-order valence-corrected chi connectivity index (χ0v) is 4.65. The Balaban J connectivity index is 0.000000148. The fourth-order valence-corrected chi connectivity index (χ4v) is 0.129. The second kappa shape index (κ2) is 6.30. The molecule has 0 fully saturated rings. The van der Waals surface area contributed by atoms with Crippen LogP contribution in [0.3, 0.4) is 0 Å². The Bertz CT molecular complexity index is 154. The molecule has 0 atom stereocenters. The van der Waals surface area contributed by atoms with Crippen molar-refractivity contribution < 1.29 is 0 Å². The summed E-state index contributed by atoms with van der Waals surface area (Å²) in [4.78, 5) is 0. The summed E-state index contributed by atoms with van der Waals surface area (Å²) in [5.41, 5.74) is 0. The Labute approximate surface area is 52.0 Å². The summed E-state index contributed by atoms with van der Waals surface area (Å²) in [6, 6.07) is 1.69. The molecular formula is C4H5N5. The van der Waals surface area contributed by atoms with Gasteiger partial charge in [-0.15, -0.1) is 10.2 Å². The molecule has 0 aromatic carbocycles. The number of tetrazole rings is 1. The maximum Gasteiger partial charge on any atom is 0.161 e. The number of nitriles is 1. The van der Waals surface area contributed by atoms with Gasteiger partial charge in [-0.3, -0.25) is 0 Å². The average Bonchev–Trinajstić information content (AvgIpc) is 2.43. The summed E-state index contributed by atoms with van der Waals surface area (Å²) in [5, 5.41) is 19.7. The third kappa shape index (κ3) is 6.30. The van der Waals surface area contributed by atoms with Gasteiger partial charge in [-0.25, -0.2) is 0 Å². The van der Waals surface area contributed by atoms with E-state index in [0.29, 0.717) is 0 Å². The SMILES string of the molecule is C=CC#N.c1nn[nH]n1. The van der Waals surface area contributed by atoms with Crippen LogP contribution in [0.2, 0.25) is 0 Å². The van der Waals surface area contributed by atoms with E-state index in [9.17, 15) is 0 Å².